The highest BCUT2D eigenvalue weighted by atomic mass is 16.5. The van der Waals surface area contributed by atoms with E-state index < -0.39 is 0 Å². The van der Waals surface area contributed by atoms with Crippen molar-refractivity contribution in [3.8, 4) is 28.0 Å². The Morgan fingerprint density at radius 3 is 2.14 bits per heavy atom. The maximum atomic E-state index is 6.24. The average molecular weight is 486 g/mol. The smallest absolute Gasteiger partial charge is 0.374 e. The summed E-state index contributed by atoms with van der Waals surface area (Å²) in [5.41, 5.74) is 8.84. The minimum Gasteiger partial charge on any atom is -0.439 e. The van der Waals surface area contributed by atoms with Gasteiger partial charge in [0.15, 0.2) is 5.75 Å². The zero-order valence-electron chi connectivity index (χ0n) is 21.3. The van der Waals surface area contributed by atoms with Gasteiger partial charge in [0.05, 0.1) is 11.8 Å². The molecule has 0 aliphatic carbocycles. The van der Waals surface area contributed by atoms with Crippen LogP contribution in [0.25, 0.3) is 39.4 Å². The third-order valence-corrected chi connectivity index (χ3v) is 6.97. The van der Waals surface area contributed by atoms with Gasteiger partial charge in [-0.25, -0.2) is 0 Å². The molecule has 0 spiro atoms. The Morgan fingerprint density at radius 1 is 0.811 bits per heavy atom. The molecule has 2 heterocycles. The Kier molecular flexibility index (Phi) is 5.85. The Morgan fingerprint density at radius 2 is 1.46 bits per heavy atom. The lowest BCUT2D eigenvalue weighted by atomic mass is 10.0. The SMILES string of the molecule is CC/C(C=C1Oc2ccc(-c3ccccc3)cc2N1C)=C\c1oc2ccc(-c3ccccc3)cc2[n+]1C. The third kappa shape index (κ3) is 4.31. The molecule has 0 saturated heterocycles. The number of fused-ring (bicyclic) bond motifs is 2. The normalized spacial score (nSPS) is 14.3. The van der Waals surface area contributed by atoms with E-state index in [9.17, 15) is 0 Å². The van der Waals surface area contributed by atoms with Gasteiger partial charge >= 0.3 is 5.89 Å². The molecule has 4 heteroatoms. The first-order chi connectivity index (χ1) is 18.1. The van der Waals surface area contributed by atoms with Crippen molar-refractivity contribution in [1.82, 2.24) is 0 Å². The van der Waals surface area contributed by atoms with Gasteiger partial charge in [-0.05, 0) is 52.4 Å². The van der Waals surface area contributed by atoms with E-state index >= 15 is 0 Å². The monoisotopic (exact) mass is 485 g/mol. The fraction of sp³-hybridized carbons (Fsp3) is 0.121. The first kappa shape index (κ1) is 22.9. The highest BCUT2D eigenvalue weighted by molar-refractivity contribution is 5.79. The van der Waals surface area contributed by atoms with Gasteiger partial charge in [-0.3, -0.25) is 0 Å². The molecule has 0 amide bonds. The summed E-state index contributed by atoms with van der Waals surface area (Å²) >= 11 is 0. The standard InChI is InChI=1S/C33H29N2O2/c1-4-23(19-32-34(2)28-21-26(15-17-30(28)36-32)24-11-7-5-8-12-24)20-33-35(3)29-22-27(16-18-31(29)37-33)25-13-9-6-10-14-25/h5-22H,4H2,1-3H3/q+1. The molecule has 0 atom stereocenters. The molecule has 0 bridgehead atoms. The Bertz CT molecular complexity index is 1650. The van der Waals surface area contributed by atoms with Crippen molar-refractivity contribution in [1.29, 1.82) is 0 Å². The Balaban J connectivity index is 1.31. The van der Waals surface area contributed by atoms with Crippen molar-refractivity contribution in [2.75, 3.05) is 11.9 Å². The fourth-order valence-corrected chi connectivity index (χ4v) is 4.77. The first-order valence-corrected chi connectivity index (χ1v) is 12.6. The van der Waals surface area contributed by atoms with Crippen molar-refractivity contribution in [2.24, 2.45) is 7.05 Å². The van der Waals surface area contributed by atoms with Gasteiger partial charge < -0.3 is 14.1 Å². The summed E-state index contributed by atoms with van der Waals surface area (Å²) in [6.45, 7) is 2.15. The number of oxazole rings is 1. The molecule has 0 N–H and O–H groups in total. The number of hydrogen-bond acceptors (Lipinski definition) is 3. The second kappa shape index (κ2) is 9.47. The summed E-state index contributed by atoms with van der Waals surface area (Å²) in [6.07, 6.45) is 5.05. The molecule has 1 aromatic heterocycles. The minimum absolute atomic E-state index is 0.804. The lowest BCUT2D eigenvalue weighted by Crippen LogP contribution is -2.29. The van der Waals surface area contributed by atoms with E-state index in [1.54, 1.807) is 0 Å². The van der Waals surface area contributed by atoms with Crippen molar-refractivity contribution in [3.05, 3.63) is 120 Å². The van der Waals surface area contributed by atoms with Crippen LogP contribution in [0.1, 0.15) is 19.2 Å². The molecule has 0 unspecified atom stereocenters. The number of benzene rings is 4. The van der Waals surface area contributed by atoms with Gasteiger partial charge in [-0.1, -0.05) is 79.7 Å². The summed E-state index contributed by atoms with van der Waals surface area (Å²) in [6, 6.07) is 33.5. The van der Waals surface area contributed by atoms with E-state index in [4.69, 9.17) is 9.15 Å². The summed E-state index contributed by atoms with van der Waals surface area (Å²) in [5.74, 6) is 2.48. The molecule has 0 fully saturated rings. The van der Waals surface area contributed by atoms with Crippen LogP contribution < -0.4 is 14.2 Å². The molecule has 4 nitrogen and oxygen atoms in total. The molecular formula is C33H29N2O2+. The number of aromatic nitrogens is 1. The number of allylic oxidation sites excluding steroid dienone is 2. The summed E-state index contributed by atoms with van der Waals surface area (Å²) in [7, 11) is 4.10. The summed E-state index contributed by atoms with van der Waals surface area (Å²) in [4.78, 5) is 2.11. The van der Waals surface area contributed by atoms with Crippen molar-refractivity contribution < 1.29 is 13.7 Å². The van der Waals surface area contributed by atoms with Gasteiger partial charge in [-0.15, -0.1) is 0 Å². The zero-order valence-corrected chi connectivity index (χ0v) is 21.3. The first-order valence-electron chi connectivity index (χ1n) is 12.6. The van der Waals surface area contributed by atoms with Crippen LogP contribution in [0.5, 0.6) is 5.75 Å². The topological polar surface area (TPSA) is 29.5 Å². The molecule has 4 aromatic carbocycles. The van der Waals surface area contributed by atoms with Crippen LogP contribution in [-0.2, 0) is 7.05 Å². The fourth-order valence-electron chi connectivity index (χ4n) is 4.77. The molecule has 182 valence electrons. The van der Waals surface area contributed by atoms with Crippen LogP contribution in [0.2, 0.25) is 0 Å². The van der Waals surface area contributed by atoms with Gasteiger partial charge in [0.25, 0.3) is 5.52 Å². The molecule has 1 aliphatic rings. The van der Waals surface area contributed by atoms with Crippen LogP contribution in [0, 0.1) is 0 Å². The van der Waals surface area contributed by atoms with E-state index in [0.717, 1.165) is 46.3 Å². The molecule has 0 radical (unpaired) electrons. The maximum Gasteiger partial charge on any atom is 0.374 e. The second-order valence-electron chi connectivity index (χ2n) is 9.31. The van der Waals surface area contributed by atoms with E-state index in [0.29, 0.717) is 0 Å². The number of ether oxygens (including phenoxy) is 1. The predicted octanol–water partition coefficient (Wildman–Crippen LogP) is 7.75. The number of aryl methyl sites for hydroxylation is 1. The number of hydrogen-bond donors (Lipinski definition) is 0. The maximum absolute atomic E-state index is 6.24. The number of nitrogens with zero attached hydrogens (tertiary/aromatic N) is 2. The lowest BCUT2D eigenvalue weighted by molar-refractivity contribution is -0.652. The third-order valence-electron chi connectivity index (χ3n) is 6.97. The van der Waals surface area contributed by atoms with Gasteiger partial charge in [0, 0.05) is 19.2 Å². The zero-order chi connectivity index (χ0) is 25.4. The average Bonchev–Trinajstić information content (AvgIpc) is 3.43. The van der Waals surface area contributed by atoms with Crippen LogP contribution >= 0.6 is 0 Å². The predicted molar refractivity (Wildman–Crippen MR) is 150 cm³/mol. The van der Waals surface area contributed by atoms with Crippen LogP contribution in [0.4, 0.5) is 5.69 Å². The quantitative estimate of drug-likeness (QED) is 0.238. The lowest BCUT2D eigenvalue weighted by Gasteiger charge is -2.12. The van der Waals surface area contributed by atoms with E-state index in [-0.39, 0.29) is 0 Å². The second-order valence-corrected chi connectivity index (χ2v) is 9.31. The summed E-state index contributed by atoms with van der Waals surface area (Å²) < 4.78 is 14.6. The van der Waals surface area contributed by atoms with Gasteiger partial charge in [-0.2, -0.15) is 4.57 Å². The van der Waals surface area contributed by atoms with E-state index in [1.807, 2.05) is 38.4 Å². The highest BCUT2D eigenvalue weighted by Gasteiger charge is 2.24. The van der Waals surface area contributed by atoms with Crippen LogP contribution in [0.3, 0.4) is 0 Å². The van der Waals surface area contributed by atoms with Gasteiger partial charge in [0.2, 0.25) is 11.5 Å². The van der Waals surface area contributed by atoms with Gasteiger partial charge in [0.1, 0.15) is 7.05 Å². The molecular weight excluding hydrogens is 456 g/mol. The molecule has 0 saturated carbocycles. The number of anilines is 1. The Hall–Kier alpha value is -4.57. The highest BCUT2D eigenvalue weighted by Crippen LogP contribution is 2.41. The Labute approximate surface area is 217 Å². The molecule has 6 rings (SSSR count). The van der Waals surface area contributed by atoms with Crippen molar-refractivity contribution in [3.63, 3.8) is 0 Å². The van der Waals surface area contributed by atoms with Crippen LogP contribution in [0.15, 0.2) is 119 Å². The number of rotatable bonds is 5. The van der Waals surface area contributed by atoms with Crippen molar-refractivity contribution >= 4 is 22.9 Å². The minimum atomic E-state index is 0.804. The molecule has 5 aromatic rings. The molecule has 37 heavy (non-hydrogen) atoms. The van der Waals surface area contributed by atoms with E-state index in [1.165, 1.54) is 22.3 Å². The summed E-state index contributed by atoms with van der Waals surface area (Å²) in [5, 5.41) is 0. The van der Waals surface area contributed by atoms with E-state index in [2.05, 4.69) is 101 Å². The molecule has 1 aliphatic heterocycles. The largest absolute Gasteiger partial charge is 0.439 e. The van der Waals surface area contributed by atoms with Crippen LogP contribution in [-0.4, -0.2) is 7.05 Å². The van der Waals surface area contributed by atoms with Crippen molar-refractivity contribution in [2.45, 2.75) is 13.3 Å².